The van der Waals surface area contributed by atoms with Crippen LogP contribution in [-0.4, -0.2) is 19.9 Å². The van der Waals surface area contributed by atoms with E-state index in [1.54, 1.807) is 63.9 Å². The van der Waals surface area contributed by atoms with Crippen molar-refractivity contribution in [1.82, 2.24) is 19.9 Å². The summed E-state index contributed by atoms with van der Waals surface area (Å²) in [6.07, 6.45) is 7.24. The summed E-state index contributed by atoms with van der Waals surface area (Å²) in [5.74, 6) is 0. The Bertz CT molecular complexity index is 1770. The van der Waals surface area contributed by atoms with E-state index in [0.29, 0.717) is 0 Å². The molecule has 0 spiro atoms. The number of aromatic nitrogens is 4. The molecule has 0 bridgehead atoms. The van der Waals surface area contributed by atoms with Crippen LogP contribution < -0.4 is 0 Å². The van der Waals surface area contributed by atoms with Gasteiger partial charge in [-0.3, -0.25) is 4.98 Å². The maximum atomic E-state index is 4.27. The monoisotopic (exact) mass is 906 g/mol. The predicted molar refractivity (Wildman–Crippen MR) is 212 cm³/mol. The van der Waals surface area contributed by atoms with Crippen molar-refractivity contribution in [3.05, 3.63) is 166 Å². The fourth-order valence-electron chi connectivity index (χ4n) is 4.11. The number of hydrogen-bond donors (Lipinski definition) is 0. The number of aryl methyl sites for hydroxylation is 4. The first-order chi connectivity index (χ1) is 23.4. The zero-order valence-electron chi connectivity index (χ0n) is 27.4. The molecule has 8 rings (SSSR count). The van der Waals surface area contributed by atoms with Crippen LogP contribution in [0.4, 0.5) is 0 Å². The van der Waals surface area contributed by atoms with Gasteiger partial charge >= 0.3 is 20.1 Å². The molecule has 254 valence electrons. The molecule has 0 fully saturated rings. The summed E-state index contributed by atoms with van der Waals surface area (Å²) in [6.45, 7) is 8.34. The third-order valence-electron chi connectivity index (χ3n) is 6.36. The Morgan fingerprint density at radius 3 is 0.980 bits per heavy atom. The smallest absolute Gasteiger partial charge is 0.319 e. The molecular weight excluding hydrogens is 869 g/mol. The Labute approximate surface area is 326 Å². The maximum Gasteiger partial charge on any atom is 3.00 e. The van der Waals surface area contributed by atoms with Crippen LogP contribution in [0.25, 0.3) is 42.3 Å². The first-order valence-corrected chi connectivity index (χ1v) is 18.4. The van der Waals surface area contributed by atoms with Crippen LogP contribution in [0.15, 0.2) is 128 Å². The Kier molecular flexibility index (Phi) is 17.3. The summed E-state index contributed by atoms with van der Waals surface area (Å²) >= 11 is 6.95. The van der Waals surface area contributed by atoms with E-state index in [4.69, 9.17) is 0 Å². The third-order valence-corrected chi connectivity index (χ3v) is 10.3. The largest absolute Gasteiger partial charge is 3.00 e. The summed E-state index contributed by atoms with van der Waals surface area (Å²) in [7, 11) is 0. The van der Waals surface area contributed by atoms with Gasteiger partial charge in [0.2, 0.25) is 0 Å². The Morgan fingerprint density at radius 2 is 0.740 bits per heavy atom. The number of pyridine rings is 4. The molecule has 0 saturated carbocycles. The minimum Gasteiger partial charge on any atom is -0.319 e. The first-order valence-electron chi connectivity index (χ1n) is 15.1. The molecular formula is C41H37IrN4S4. The second-order valence-corrected chi connectivity index (χ2v) is 15.3. The molecule has 0 aliphatic rings. The molecule has 0 N–H and O–H groups in total. The zero-order chi connectivity index (χ0) is 33.6. The summed E-state index contributed by atoms with van der Waals surface area (Å²) in [5, 5.41) is 0. The van der Waals surface area contributed by atoms with E-state index in [-0.39, 0.29) is 27.5 Å². The molecule has 9 heteroatoms. The molecule has 0 aliphatic carbocycles. The van der Waals surface area contributed by atoms with E-state index in [1.807, 2.05) is 97.2 Å². The van der Waals surface area contributed by atoms with Gasteiger partial charge in [-0.1, -0.05) is 99.9 Å². The molecule has 8 aromatic rings. The van der Waals surface area contributed by atoms with Gasteiger partial charge in [-0.15, -0.1) is 11.3 Å². The minimum absolute atomic E-state index is 0. The van der Waals surface area contributed by atoms with Crippen LogP contribution in [0.3, 0.4) is 0 Å². The molecule has 0 saturated heterocycles. The van der Waals surface area contributed by atoms with Crippen LogP contribution in [0.2, 0.25) is 0 Å². The predicted octanol–water partition coefficient (Wildman–Crippen LogP) is 12.5. The van der Waals surface area contributed by atoms with Gasteiger partial charge in [0.05, 0.1) is 10.6 Å². The second kappa shape index (κ2) is 21.3. The van der Waals surface area contributed by atoms with Crippen molar-refractivity contribution in [2.24, 2.45) is 0 Å². The molecule has 0 aromatic carbocycles. The molecule has 4 nitrogen and oxygen atoms in total. The zero-order valence-corrected chi connectivity index (χ0v) is 33.0. The quantitative estimate of drug-likeness (QED) is 0.165. The van der Waals surface area contributed by atoms with Crippen LogP contribution in [-0.2, 0) is 20.1 Å². The van der Waals surface area contributed by atoms with E-state index in [0.717, 1.165) is 37.4 Å². The maximum absolute atomic E-state index is 4.27. The second-order valence-electron chi connectivity index (χ2n) is 10.3. The van der Waals surface area contributed by atoms with Crippen LogP contribution in [0, 0.1) is 45.9 Å². The minimum atomic E-state index is 0. The topological polar surface area (TPSA) is 51.6 Å². The summed E-state index contributed by atoms with van der Waals surface area (Å²) < 4.78 is 0. The summed E-state index contributed by atoms with van der Waals surface area (Å²) in [6, 6.07) is 43.5. The fourth-order valence-corrected chi connectivity index (χ4v) is 7.31. The van der Waals surface area contributed by atoms with Gasteiger partial charge in [0.15, 0.2) is 0 Å². The van der Waals surface area contributed by atoms with E-state index in [9.17, 15) is 0 Å². The Morgan fingerprint density at radius 1 is 0.400 bits per heavy atom. The standard InChI is InChI=1S/C10H9NS.3C10H8NS.CH4.Ir/c4*1-8-5-6-10(12-8)9-4-2-3-7-11-9;;/h2-7H,1H3;3*2-5,7H,1H3;1H4;/q;3*-1;;+3. The average molecular weight is 906 g/mol. The number of hydrogen-bond acceptors (Lipinski definition) is 8. The van der Waals surface area contributed by atoms with Gasteiger partial charge in [0, 0.05) is 29.7 Å². The summed E-state index contributed by atoms with van der Waals surface area (Å²) in [4.78, 5) is 26.7. The normalized spacial score (nSPS) is 9.68. The van der Waals surface area contributed by atoms with Gasteiger partial charge in [0.25, 0.3) is 0 Å². The van der Waals surface area contributed by atoms with E-state index >= 15 is 0 Å². The average Bonchev–Trinajstić information content (AvgIpc) is 3.97. The summed E-state index contributed by atoms with van der Waals surface area (Å²) in [5.41, 5.74) is 4.09. The third kappa shape index (κ3) is 12.7. The van der Waals surface area contributed by atoms with Crippen molar-refractivity contribution in [1.29, 1.82) is 0 Å². The molecule has 0 atom stereocenters. The van der Waals surface area contributed by atoms with Crippen molar-refractivity contribution in [3.63, 3.8) is 0 Å². The molecule has 0 aliphatic heterocycles. The molecule has 0 amide bonds. The van der Waals surface area contributed by atoms with Gasteiger partial charge in [-0.25, -0.2) is 34.0 Å². The van der Waals surface area contributed by atoms with Gasteiger partial charge in [-0.05, 0) is 66.5 Å². The molecule has 0 unspecified atom stereocenters. The van der Waals surface area contributed by atoms with E-state index < -0.39 is 0 Å². The van der Waals surface area contributed by atoms with Crippen LogP contribution in [0.5, 0.6) is 0 Å². The van der Waals surface area contributed by atoms with Crippen molar-refractivity contribution >= 4 is 45.3 Å². The first kappa shape index (κ1) is 40.5. The van der Waals surface area contributed by atoms with E-state index in [2.05, 4.69) is 78.0 Å². The van der Waals surface area contributed by atoms with Gasteiger partial charge < -0.3 is 15.0 Å². The number of thiophene rings is 4. The van der Waals surface area contributed by atoms with E-state index in [1.165, 1.54) is 24.4 Å². The van der Waals surface area contributed by atoms with Crippen molar-refractivity contribution in [2.45, 2.75) is 35.1 Å². The van der Waals surface area contributed by atoms with Gasteiger partial charge in [-0.2, -0.15) is 36.4 Å². The van der Waals surface area contributed by atoms with Crippen LogP contribution >= 0.6 is 45.3 Å². The van der Waals surface area contributed by atoms with Crippen molar-refractivity contribution < 1.29 is 20.1 Å². The number of rotatable bonds is 4. The Balaban J connectivity index is 0.000000178. The Hall–Kier alpha value is -3.95. The SMILES string of the molecule is C.Cc1c[c-]c(-c2ccccn2)s1.Cc1c[c-]c(-c2ccccn2)s1.Cc1c[c-]c(-c2ccccn2)s1.Cc1ccc(-c2ccccn2)s1.[Ir+3]. The van der Waals surface area contributed by atoms with Gasteiger partial charge in [0.1, 0.15) is 0 Å². The van der Waals surface area contributed by atoms with Crippen LogP contribution in [0.1, 0.15) is 26.9 Å². The van der Waals surface area contributed by atoms with Crippen molar-refractivity contribution in [3.8, 4) is 42.3 Å². The molecule has 0 radical (unpaired) electrons. The fraction of sp³-hybridized carbons (Fsp3) is 0.122. The molecule has 50 heavy (non-hydrogen) atoms. The van der Waals surface area contributed by atoms with Crippen molar-refractivity contribution in [2.75, 3.05) is 0 Å². The molecule has 8 aromatic heterocycles. The molecule has 8 heterocycles. The number of nitrogens with zero attached hydrogens (tertiary/aromatic N) is 4.